The molecule has 0 aliphatic heterocycles. The molecule has 0 saturated carbocycles. The number of hydrogen-bond acceptors (Lipinski definition) is 4. The van der Waals surface area contributed by atoms with Crippen molar-refractivity contribution in [3.63, 3.8) is 0 Å². The van der Waals surface area contributed by atoms with E-state index in [1.165, 1.54) is 10.6 Å². The van der Waals surface area contributed by atoms with E-state index >= 15 is 0 Å². The van der Waals surface area contributed by atoms with Crippen LogP contribution in [0.3, 0.4) is 0 Å². The lowest BCUT2D eigenvalue weighted by Crippen LogP contribution is -2.12. The maximum absolute atomic E-state index is 5.11. The molecule has 0 amide bonds. The van der Waals surface area contributed by atoms with Crippen LogP contribution in [-0.4, -0.2) is 18.6 Å². The number of nitrogens with one attached hydrogen (secondary N) is 1. The Bertz CT molecular complexity index is 297. The Hall–Kier alpha value is -0.450. The van der Waals surface area contributed by atoms with E-state index in [9.17, 15) is 0 Å². The van der Waals surface area contributed by atoms with Gasteiger partial charge in [0.05, 0.1) is 12.3 Å². The molecule has 1 aromatic heterocycles. The third-order valence-electron chi connectivity index (χ3n) is 2.12. The molecule has 0 saturated heterocycles. The molecule has 1 N–H and O–H groups in total. The molecular formula is C11H20N2OS. The number of hydrogen-bond donors (Lipinski definition) is 1. The fourth-order valence-corrected chi connectivity index (χ4v) is 2.58. The number of thiazole rings is 1. The minimum absolute atomic E-state index is 0.487. The third kappa shape index (κ3) is 3.55. The molecule has 3 nitrogen and oxygen atoms in total. The molecule has 1 aromatic rings. The number of aromatic nitrogens is 1. The van der Waals surface area contributed by atoms with Crippen LogP contribution in [0.25, 0.3) is 0 Å². The summed E-state index contributed by atoms with van der Waals surface area (Å²) in [5.74, 6) is 0.487. The molecule has 0 aromatic carbocycles. The van der Waals surface area contributed by atoms with Crippen LogP contribution >= 0.6 is 11.3 Å². The predicted molar refractivity (Wildman–Crippen MR) is 64.3 cm³/mol. The van der Waals surface area contributed by atoms with E-state index in [2.05, 4.69) is 31.1 Å². The summed E-state index contributed by atoms with van der Waals surface area (Å²) in [6.07, 6.45) is 0. The average molecular weight is 228 g/mol. The van der Waals surface area contributed by atoms with Gasteiger partial charge in [0.15, 0.2) is 0 Å². The van der Waals surface area contributed by atoms with Gasteiger partial charge in [0, 0.05) is 18.5 Å². The average Bonchev–Trinajstić information content (AvgIpc) is 2.59. The van der Waals surface area contributed by atoms with E-state index in [4.69, 9.17) is 4.74 Å². The predicted octanol–water partition coefficient (Wildman–Crippen LogP) is 2.52. The summed E-state index contributed by atoms with van der Waals surface area (Å²) in [5.41, 5.74) is 1.22. The Morgan fingerprint density at radius 1 is 1.47 bits per heavy atom. The van der Waals surface area contributed by atoms with Crippen LogP contribution in [0.5, 0.6) is 0 Å². The van der Waals surface area contributed by atoms with Crippen LogP contribution in [0.15, 0.2) is 0 Å². The molecule has 15 heavy (non-hydrogen) atoms. The van der Waals surface area contributed by atoms with E-state index < -0.39 is 0 Å². The molecule has 0 atom stereocenters. The van der Waals surface area contributed by atoms with Crippen molar-refractivity contribution in [2.45, 2.75) is 39.8 Å². The van der Waals surface area contributed by atoms with Gasteiger partial charge in [-0.15, -0.1) is 11.3 Å². The highest BCUT2D eigenvalue weighted by atomic mass is 32.1. The fourth-order valence-electron chi connectivity index (χ4n) is 1.42. The maximum Gasteiger partial charge on any atom is 0.119 e. The zero-order chi connectivity index (χ0) is 11.3. The first-order valence-electron chi connectivity index (χ1n) is 5.37. The monoisotopic (exact) mass is 228 g/mol. The molecule has 0 aliphatic carbocycles. The molecule has 1 heterocycles. The first-order valence-corrected chi connectivity index (χ1v) is 6.18. The van der Waals surface area contributed by atoms with Gasteiger partial charge in [0.25, 0.3) is 0 Å². The van der Waals surface area contributed by atoms with Crippen molar-refractivity contribution >= 4 is 11.3 Å². The smallest absolute Gasteiger partial charge is 0.119 e. The van der Waals surface area contributed by atoms with Gasteiger partial charge in [0.2, 0.25) is 0 Å². The lowest BCUT2D eigenvalue weighted by molar-refractivity contribution is 0.184. The zero-order valence-electron chi connectivity index (χ0n) is 9.96. The minimum atomic E-state index is 0.487. The van der Waals surface area contributed by atoms with E-state index in [0.29, 0.717) is 12.5 Å². The van der Waals surface area contributed by atoms with Crippen LogP contribution in [0.4, 0.5) is 0 Å². The Balaban J connectivity index is 2.80. The van der Waals surface area contributed by atoms with Gasteiger partial charge in [-0.25, -0.2) is 4.98 Å². The standard InChI is InChI=1S/C11H20N2OS/c1-5-12-6-9-11(8(2)3)13-10(15-9)7-14-4/h8,12H,5-7H2,1-4H3. The van der Waals surface area contributed by atoms with E-state index in [1.54, 1.807) is 18.4 Å². The van der Waals surface area contributed by atoms with Gasteiger partial charge < -0.3 is 10.1 Å². The number of nitrogens with zero attached hydrogens (tertiary/aromatic N) is 1. The van der Waals surface area contributed by atoms with E-state index in [1.807, 2.05) is 0 Å². The molecule has 0 bridgehead atoms. The molecule has 0 radical (unpaired) electrons. The topological polar surface area (TPSA) is 34.1 Å². The summed E-state index contributed by atoms with van der Waals surface area (Å²) < 4.78 is 5.11. The lowest BCUT2D eigenvalue weighted by atomic mass is 10.1. The number of methoxy groups -OCH3 is 1. The summed E-state index contributed by atoms with van der Waals surface area (Å²) in [6, 6.07) is 0. The summed E-state index contributed by atoms with van der Waals surface area (Å²) in [4.78, 5) is 5.95. The van der Waals surface area contributed by atoms with Crippen LogP contribution in [-0.2, 0) is 17.9 Å². The van der Waals surface area contributed by atoms with Crippen molar-refractivity contribution in [3.05, 3.63) is 15.6 Å². The minimum Gasteiger partial charge on any atom is -0.378 e. The van der Waals surface area contributed by atoms with Crippen molar-refractivity contribution in [1.82, 2.24) is 10.3 Å². The van der Waals surface area contributed by atoms with Crippen molar-refractivity contribution < 1.29 is 4.74 Å². The van der Waals surface area contributed by atoms with Gasteiger partial charge in [-0.1, -0.05) is 20.8 Å². The SMILES string of the molecule is CCNCc1sc(COC)nc1C(C)C. The molecule has 0 fully saturated rings. The number of ether oxygens (including phenoxy) is 1. The summed E-state index contributed by atoms with van der Waals surface area (Å²) in [5, 5.41) is 4.42. The largest absolute Gasteiger partial charge is 0.378 e. The first-order chi connectivity index (χ1) is 7.19. The van der Waals surface area contributed by atoms with Crippen LogP contribution < -0.4 is 5.32 Å². The van der Waals surface area contributed by atoms with Gasteiger partial charge in [-0.05, 0) is 12.5 Å². The summed E-state index contributed by atoms with van der Waals surface area (Å²) in [7, 11) is 1.71. The van der Waals surface area contributed by atoms with Gasteiger partial charge in [-0.3, -0.25) is 0 Å². The summed E-state index contributed by atoms with van der Waals surface area (Å²) >= 11 is 1.75. The Morgan fingerprint density at radius 2 is 2.20 bits per heavy atom. The maximum atomic E-state index is 5.11. The second-order valence-corrected chi connectivity index (χ2v) is 4.95. The highest BCUT2D eigenvalue weighted by Crippen LogP contribution is 2.25. The van der Waals surface area contributed by atoms with Crippen molar-refractivity contribution in [2.75, 3.05) is 13.7 Å². The van der Waals surface area contributed by atoms with Crippen molar-refractivity contribution in [3.8, 4) is 0 Å². The quantitative estimate of drug-likeness (QED) is 0.812. The lowest BCUT2D eigenvalue weighted by Gasteiger charge is -2.04. The zero-order valence-corrected chi connectivity index (χ0v) is 10.8. The highest BCUT2D eigenvalue weighted by molar-refractivity contribution is 7.11. The Kier molecular flexibility index (Phi) is 5.22. The number of rotatable bonds is 6. The fraction of sp³-hybridized carbons (Fsp3) is 0.727. The molecule has 0 spiro atoms. The highest BCUT2D eigenvalue weighted by Gasteiger charge is 2.13. The van der Waals surface area contributed by atoms with Gasteiger partial charge >= 0.3 is 0 Å². The van der Waals surface area contributed by atoms with Gasteiger partial charge in [-0.2, -0.15) is 0 Å². The second-order valence-electron chi connectivity index (χ2n) is 3.78. The van der Waals surface area contributed by atoms with Crippen molar-refractivity contribution in [2.24, 2.45) is 0 Å². The van der Waals surface area contributed by atoms with Crippen LogP contribution in [0, 0.1) is 0 Å². The summed E-state index contributed by atoms with van der Waals surface area (Å²) in [6.45, 7) is 9.02. The molecule has 86 valence electrons. The first kappa shape index (κ1) is 12.6. The van der Waals surface area contributed by atoms with Crippen LogP contribution in [0.2, 0.25) is 0 Å². The van der Waals surface area contributed by atoms with Gasteiger partial charge in [0.1, 0.15) is 5.01 Å². The molecular weight excluding hydrogens is 208 g/mol. The Labute approximate surface area is 95.9 Å². The van der Waals surface area contributed by atoms with Crippen LogP contribution in [0.1, 0.15) is 42.3 Å². The third-order valence-corrected chi connectivity index (χ3v) is 3.17. The van der Waals surface area contributed by atoms with E-state index in [-0.39, 0.29) is 0 Å². The second kappa shape index (κ2) is 6.20. The van der Waals surface area contributed by atoms with Crippen molar-refractivity contribution in [1.29, 1.82) is 0 Å². The molecule has 0 unspecified atom stereocenters. The Morgan fingerprint density at radius 3 is 2.73 bits per heavy atom. The normalized spacial score (nSPS) is 11.3. The molecule has 0 aliphatic rings. The van der Waals surface area contributed by atoms with E-state index in [0.717, 1.165) is 18.1 Å². The molecule has 1 rings (SSSR count). The molecule has 4 heteroatoms.